The quantitative estimate of drug-likeness (QED) is 0.557. The van der Waals surface area contributed by atoms with Crippen molar-refractivity contribution in [1.82, 2.24) is 0 Å². The van der Waals surface area contributed by atoms with Crippen LogP contribution in [0.15, 0.2) is 0 Å². The maximum absolute atomic E-state index is 11.9. The van der Waals surface area contributed by atoms with E-state index < -0.39 is 18.2 Å². The summed E-state index contributed by atoms with van der Waals surface area (Å²) in [7, 11) is 1.24. The molecule has 84 valence electrons. The summed E-state index contributed by atoms with van der Waals surface area (Å²) in [5.74, 6) is -0.411. The summed E-state index contributed by atoms with van der Waals surface area (Å²) in [6.07, 6.45) is -3.71. The van der Waals surface area contributed by atoms with Gasteiger partial charge in [-0.1, -0.05) is 6.42 Å². The van der Waals surface area contributed by atoms with Crippen LogP contribution in [-0.4, -0.2) is 25.3 Å². The van der Waals surface area contributed by atoms with Gasteiger partial charge in [-0.25, -0.2) is 0 Å². The number of nitrogens with two attached hydrogens (primary N) is 1. The normalized spacial score (nSPS) is 13.8. The zero-order valence-electron chi connectivity index (χ0n) is 7.93. The molecule has 0 heterocycles. The fraction of sp³-hybridized carbons (Fsp3) is 0.875. The molecule has 0 fully saturated rings. The molecular weight excluding hydrogens is 199 g/mol. The van der Waals surface area contributed by atoms with Crippen LogP contribution in [0.25, 0.3) is 0 Å². The van der Waals surface area contributed by atoms with Crippen LogP contribution in [0, 0.1) is 0 Å². The van der Waals surface area contributed by atoms with Gasteiger partial charge in [0.25, 0.3) is 0 Å². The molecule has 0 rings (SSSR count). The van der Waals surface area contributed by atoms with Crippen LogP contribution in [0.3, 0.4) is 0 Å². The third kappa shape index (κ3) is 5.80. The lowest BCUT2D eigenvalue weighted by molar-refractivity contribution is -0.149. The number of halogens is 3. The van der Waals surface area contributed by atoms with E-state index in [1.54, 1.807) is 0 Å². The number of ether oxygens (including phenoxy) is 1. The summed E-state index contributed by atoms with van der Waals surface area (Å²) >= 11 is 0. The van der Waals surface area contributed by atoms with E-state index in [-0.39, 0.29) is 19.3 Å². The first-order chi connectivity index (χ1) is 6.38. The Morgan fingerprint density at radius 3 is 2.43 bits per heavy atom. The van der Waals surface area contributed by atoms with E-state index in [1.807, 2.05) is 0 Å². The first kappa shape index (κ1) is 13.2. The number of methoxy groups -OCH3 is 1. The van der Waals surface area contributed by atoms with Gasteiger partial charge in [0.15, 0.2) is 0 Å². The van der Waals surface area contributed by atoms with Gasteiger partial charge in [0.2, 0.25) is 0 Å². The summed E-state index contributed by atoms with van der Waals surface area (Å²) in [6.45, 7) is 0. The highest BCUT2D eigenvalue weighted by molar-refractivity contribution is 5.68. The average Bonchev–Trinajstić information content (AvgIpc) is 2.09. The molecule has 0 aromatic carbocycles. The lowest BCUT2D eigenvalue weighted by Crippen LogP contribution is -2.37. The Balaban J connectivity index is 3.50. The molecular formula is C8H14F3NO2. The molecule has 1 unspecified atom stereocenters. The van der Waals surface area contributed by atoms with E-state index in [2.05, 4.69) is 4.74 Å². The topological polar surface area (TPSA) is 52.3 Å². The molecule has 0 aliphatic rings. The summed E-state index contributed by atoms with van der Waals surface area (Å²) in [4.78, 5) is 10.6. The minimum absolute atomic E-state index is 0.140. The summed E-state index contributed by atoms with van der Waals surface area (Å²) < 4.78 is 40.0. The zero-order chi connectivity index (χ0) is 11.2. The highest BCUT2D eigenvalue weighted by Gasteiger charge is 2.35. The molecule has 0 aliphatic heterocycles. The number of carbonyl (C=O) groups is 1. The minimum atomic E-state index is -4.34. The molecule has 0 bridgehead atoms. The van der Waals surface area contributed by atoms with Gasteiger partial charge in [0.05, 0.1) is 7.11 Å². The summed E-state index contributed by atoms with van der Waals surface area (Å²) in [5, 5.41) is 0. The van der Waals surface area contributed by atoms with Gasteiger partial charge in [0.1, 0.15) is 6.04 Å². The number of hydrogen-bond acceptors (Lipinski definition) is 3. The van der Waals surface area contributed by atoms with Crippen LogP contribution >= 0.6 is 0 Å². The van der Waals surface area contributed by atoms with Crippen LogP contribution < -0.4 is 5.73 Å². The maximum Gasteiger partial charge on any atom is 0.403 e. The van der Waals surface area contributed by atoms with Crippen LogP contribution in [-0.2, 0) is 9.53 Å². The van der Waals surface area contributed by atoms with E-state index >= 15 is 0 Å². The van der Waals surface area contributed by atoms with Gasteiger partial charge < -0.3 is 10.5 Å². The SMILES string of the molecule is COC(=O)CCCCC(N)C(F)(F)F. The monoisotopic (exact) mass is 213 g/mol. The molecule has 3 nitrogen and oxygen atoms in total. The fourth-order valence-corrected chi connectivity index (χ4v) is 0.899. The van der Waals surface area contributed by atoms with E-state index in [9.17, 15) is 18.0 Å². The molecule has 0 saturated heterocycles. The second-order valence-corrected chi connectivity index (χ2v) is 2.97. The second-order valence-electron chi connectivity index (χ2n) is 2.97. The number of hydrogen-bond donors (Lipinski definition) is 1. The van der Waals surface area contributed by atoms with Crippen molar-refractivity contribution in [3.63, 3.8) is 0 Å². The smallest absolute Gasteiger partial charge is 0.403 e. The van der Waals surface area contributed by atoms with Gasteiger partial charge in [-0.05, 0) is 12.8 Å². The predicted octanol–water partition coefficient (Wildman–Crippen LogP) is 1.61. The molecule has 6 heteroatoms. The van der Waals surface area contributed by atoms with Gasteiger partial charge in [0, 0.05) is 6.42 Å². The highest BCUT2D eigenvalue weighted by atomic mass is 19.4. The van der Waals surface area contributed by atoms with E-state index in [0.717, 1.165) is 0 Å². The van der Waals surface area contributed by atoms with Crippen molar-refractivity contribution in [2.45, 2.75) is 37.9 Å². The van der Waals surface area contributed by atoms with Crippen molar-refractivity contribution < 1.29 is 22.7 Å². The Kier molecular flexibility index (Phi) is 5.52. The first-order valence-corrected chi connectivity index (χ1v) is 4.27. The Morgan fingerprint density at radius 1 is 1.43 bits per heavy atom. The van der Waals surface area contributed by atoms with Crippen molar-refractivity contribution in [2.24, 2.45) is 5.73 Å². The summed E-state index contributed by atoms with van der Waals surface area (Å²) in [5.41, 5.74) is 4.86. The number of carbonyl (C=O) groups excluding carboxylic acids is 1. The molecule has 0 aromatic rings. The number of rotatable bonds is 5. The Morgan fingerprint density at radius 2 is 2.00 bits per heavy atom. The fourth-order valence-electron chi connectivity index (χ4n) is 0.899. The molecule has 0 amide bonds. The lowest BCUT2D eigenvalue weighted by atomic mass is 10.1. The Labute approximate surface area is 80.4 Å². The Bertz CT molecular complexity index is 182. The van der Waals surface area contributed by atoms with Gasteiger partial charge in [-0.2, -0.15) is 13.2 Å². The number of unbranched alkanes of at least 4 members (excludes halogenated alkanes) is 1. The van der Waals surface area contributed by atoms with Crippen LogP contribution in [0.1, 0.15) is 25.7 Å². The van der Waals surface area contributed by atoms with Crippen molar-refractivity contribution in [2.75, 3.05) is 7.11 Å². The van der Waals surface area contributed by atoms with Crippen LogP contribution in [0.5, 0.6) is 0 Å². The summed E-state index contributed by atoms with van der Waals surface area (Å²) in [6, 6.07) is -1.79. The lowest BCUT2D eigenvalue weighted by Gasteiger charge is -2.14. The molecule has 14 heavy (non-hydrogen) atoms. The molecule has 2 N–H and O–H groups in total. The molecule has 0 spiro atoms. The third-order valence-electron chi connectivity index (χ3n) is 1.79. The number of esters is 1. The molecule has 0 aliphatic carbocycles. The van der Waals surface area contributed by atoms with E-state index in [1.165, 1.54) is 7.11 Å². The largest absolute Gasteiger partial charge is 0.469 e. The van der Waals surface area contributed by atoms with Crippen LogP contribution in [0.2, 0.25) is 0 Å². The maximum atomic E-state index is 11.9. The van der Waals surface area contributed by atoms with Gasteiger partial charge >= 0.3 is 12.1 Å². The second kappa shape index (κ2) is 5.85. The minimum Gasteiger partial charge on any atom is -0.469 e. The van der Waals surface area contributed by atoms with Gasteiger partial charge in [-0.15, -0.1) is 0 Å². The van der Waals surface area contributed by atoms with Gasteiger partial charge in [-0.3, -0.25) is 4.79 Å². The molecule has 0 aromatic heterocycles. The average molecular weight is 213 g/mol. The van der Waals surface area contributed by atoms with Crippen molar-refractivity contribution >= 4 is 5.97 Å². The van der Waals surface area contributed by atoms with Crippen LogP contribution in [0.4, 0.5) is 13.2 Å². The zero-order valence-corrected chi connectivity index (χ0v) is 7.93. The van der Waals surface area contributed by atoms with Crippen molar-refractivity contribution in [3.8, 4) is 0 Å². The number of alkyl halides is 3. The first-order valence-electron chi connectivity index (χ1n) is 4.27. The molecule has 0 saturated carbocycles. The third-order valence-corrected chi connectivity index (χ3v) is 1.79. The highest BCUT2D eigenvalue weighted by Crippen LogP contribution is 2.22. The van der Waals surface area contributed by atoms with Crippen molar-refractivity contribution in [3.05, 3.63) is 0 Å². The standard InChI is InChI=1S/C8H14F3NO2/c1-14-7(13)5-3-2-4-6(12)8(9,10)11/h6H,2-5,12H2,1H3. The molecule has 1 atom stereocenters. The predicted molar refractivity (Wildman–Crippen MR) is 44.5 cm³/mol. The Hall–Kier alpha value is -0.780. The van der Waals surface area contributed by atoms with E-state index in [0.29, 0.717) is 6.42 Å². The van der Waals surface area contributed by atoms with Crippen molar-refractivity contribution in [1.29, 1.82) is 0 Å². The van der Waals surface area contributed by atoms with E-state index in [4.69, 9.17) is 5.73 Å². The molecule has 0 radical (unpaired) electrons.